The van der Waals surface area contributed by atoms with Gasteiger partial charge in [0.15, 0.2) is 0 Å². The van der Waals surface area contributed by atoms with Crippen molar-refractivity contribution in [3.8, 4) is 0 Å². The number of aromatic nitrogens is 2. The summed E-state index contributed by atoms with van der Waals surface area (Å²) in [5.74, 6) is 0.418. The Morgan fingerprint density at radius 3 is 3.07 bits per heavy atom. The van der Waals surface area contributed by atoms with Crippen molar-refractivity contribution in [2.24, 2.45) is 0 Å². The van der Waals surface area contributed by atoms with E-state index in [1.54, 1.807) is 0 Å². The molecule has 0 radical (unpaired) electrons. The maximum Gasteiger partial charge on any atom is 0.260 e. The van der Waals surface area contributed by atoms with Gasteiger partial charge in [0.2, 0.25) is 11.8 Å². The fraction of sp³-hybridized carbons (Fsp3) is 0.571. The summed E-state index contributed by atoms with van der Waals surface area (Å²) in [6.07, 6.45) is 0.371. The third kappa shape index (κ3) is 1.82. The van der Waals surface area contributed by atoms with Gasteiger partial charge in [-0.15, -0.1) is 0 Å². The van der Waals surface area contributed by atoms with E-state index in [1.807, 2.05) is 0 Å². The number of carbonyl (C=O) groups is 1. The zero-order valence-electron chi connectivity index (χ0n) is 7.49. The van der Waals surface area contributed by atoms with Crippen molar-refractivity contribution in [1.29, 1.82) is 0 Å². The predicted octanol–water partition coefficient (Wildman–Crippen LogP) is -1.72. The minimum absolute atomic E-state index is 0.0481. The fourth-order valence-electron chi connectivity index (χ4n) is 1.34. The molecule has 0 aromatic carbocycles. The maximum atomic E-state index is 11.3. The quantitative estimate of drug-likeness (QED) is 0.521. The molecule has 1 unspecified atom stereocenters. The molecule has 1 aliphatic heterocycles. The van der Waals surface area contributed by atoms with Crippen molar-refractivity contribution in [3.05, 3.63) is 5.89 Å². The van der Waals surface area contributed by atoms with Gasteiger partial charge in [-0.25, -0.2) is 0 Å². The number of hydrogen-bond donors (Lipinski definition) is 3. The second kappa shape index (κ2) is 3.62. The summed E-state index contributed by atoms with van der Waals surface area (Å²) in [7, 11) is 0. The van der Waals surface area contributed by atoms with E-state index in [1.165, 1.54) is 0 Å². The van der Waals surface area contributed by atoms with E-state index in [4.69, 9.17) is 10.3 Å². The minimum atomic E-state index is -0.302. The first kappa shape index (κ1) is 8.95. The molecule has 2 rings (SSSR count). The SMILES string of the molecule is Nc1noc(CC2NCCNC2=O)n1. The van der Waals surface area contributed by atoms with E-state index >= 15 is 0 Å². The molecule has 1 aromatic heterocycles. The number of nitrogens with zero attached hydrogens (tertiary/aromatic N) is 2. The van der Waals surface area contributed by atoms with Crippen LogP contribution in [0.1, 0.15) is 5.89 Å². The lowest BCUT2D eigenvalue weighted by Gasteiger charge is -2.21. The molecule has 2 heterocycles. The molecule has 7 nitrogen and oxygen atoms in total. The van der Waals surface area contributed by atoms with Crippen LogP contribution < -0.4 is 16.4 Å². The molecule has 1 saturated heterocycles. The number of hydrogen-bond acceptors (Lipinski definition) is 6. The third-order valence-corrected chi connectivity index (χ3v) is 1.99. The van der Waals surface area contributed by atoms with Gasteiger partial charge in [-0.05, 0) is 5.16 Å². The van der Waals surface area contributed by atoms with Crippen molar-refractivity contribution in [2.75, 3.05) is 18.8 Å². The Hall–Kier alpha value is -1.63. The normalized spacial score (nSPS) is 22.0. The first-order valence-electron chi connectivity index (χ1n) is 4.35. The van der Waals surface area contributed by atoms with E-state index in [0.29, 0.717) is 18.9 Å². The highest BCUT2D eigenvalue weighted by molar-refractivity contribution is 5.82. The Morgan fingerprint density at radius 1 is 1.57 bits per heavy atom. The second-order valence-electron chi connectivity index (χ2n) is 3.05. The maximum absolute atomic E-state index is 11.3. The van der Waals surface area contributed by atoms with Gasteiger partial charge in [0, 0.05) is 13.1 Å². The molecule has 1 fully saturated rings. The van der Waals surface area contributed by atoms with Gasteiger partial charge in [0.25, 0.3) is 5.95 Å². The smallest absolute Gasteiger partial charge is 0.260 e. The summed E-state index contributed by atoms with van der Waals surface area (Å²) < 4.78 is 4.81. The van der Waals surface area contributed by atoms with Crippen molar-refractivity contribution in [3.63, 3.8) is 0 Å². The average molecular weight is 197 g/mol. The highest BCUT2D eigenvalue weighted by Crippen LogP contribution is 2.03. The largest absolute Gasteiger partial charge is 0.365 e. The highest BCUT2D eigenvalue weighted by atomic mass is 16.5. The van der Waals surface area contributed by atoms with Crippen molar-refractivity contribution < 1.29 is 9.32 Å². The first-order chi connectivity index (χ1) is 6.75. The van der Waals surface area contributed by atoms with Crippen LogP contribution in [0.25, 0.3) is 0 Å². The third-order valence-electron chi connectivity index (χ3n) is 1.99. The van der Waals surface area contributed by atoms with E-state index in [9.17, 15) is 4.79 Å². The van der Waals surface area contributed by atoms with Crippen LogP contribution >= 0.6 is 0 Å². The number of amides is 1. The number of anilines is 1. The Kier molecular flexibility index (Phi) is 2.32. The van der Waals surface area contributed by atoms with Crippen LogP contribution in [-0.4, -0.2) is 35.2 Å². The van der Waals surface area contributed by atoms with Crippen molar-refractivity contribution in [1.82, 2.24) is 20.8 Å². The van der Waals surface area contributed by atoms with Crippen molar-refractivity contribution >= 4 is 11.9 Å². The molecule has 1 amide bonds. The van der Waals surface area contributed by atoms with E-state index < -0.39 is 0 Å². The van der Waals surface area contributed by atoms with Crippen LogP contribution in [-0.2, 0) is 11.2 Å². The van der Waals surface area contributed by atoms with Gasteiger partial charge in [-0.1, -0.05) is 0 Å². The molecule has 14 heavy (non-hydrogen) atoms. The first-order valence-corrected chi connectivity index (χ1v) is 4.35. The standard InChI is InChI=1S/C7H11N5O2/c8-7-11-5(14-12-7)3-4-6(13)10-2-1-9-4/h4,9H,1-3H2,(H2,8,12)(H,10,13). The minimum Gasteiger partial charge on any atom is -0.365 e. The monoisotopic (exact) mass is 197 g/mol. The van der Waals surface area contributed by atoms with Crippen LogP contribution in [0.15, 0.2) is 4.52 Å². The molecule has 0 spiro atoms. The van der Waals surface area contributed by atoms with Gasteiger partial charge in [-0.3, -0.25) is 4.79 Å². The van der Waals surface area contributed by atoms with Crippen molar-refractivity contribution in [2.45, 2.75) is 12.5 Å². The molecule has 0 aliphatic carbocycles. The zero-order chi connectivity index (χ0) is 9.97. The molecular weight excluding hydrogens is 186 g/mol. The van der Waals surface area contributed by atoms with Gasteiger partial charge in [0.1, 0.15) is 0 Å². The lowest BCUT2D eigenvalue weighted by molar-refractivity contribution is -0.124. The molecular formula is C7H11N5O2. The number of nitrogen functional groups attached to an aromatic ring is 1. The summed E-state index contributed by atoms with van der Waals surface area (Å²) in [5, 5.41) is 9.22. The Bertz CT molecular complexity index is 337. The molecule has 4 N–H and O–H groups in total. The Morgan fingerprint density at radius 2 is 2.43 bits per heavy atom. The lowest BCUT2D eigenvalue weighted by atomic mass is 10.1. The van der Waals surface area contributed by atoms with Gasteiger partial charge < -0.3 is 20.9 Å². The molecule has 0 saturated carbocycles. The lowest BCUT2D eigenvalue weighted by Crippen LogP contribution is -2.53. The number of nitrogens with one attached hydrogen (secondary N) is 2. The Labute approximate surface area is 80.0 Å². The molecule has 0 bridgehead atoms. The van der Waals surface area contributed by atoms with Crippen LogP contribution in [0.4, 0.5) is 5.95 Å². The highest BCUT2D eigenvalue weighted by Gasteiger charge is 2.23. The topological polar surface area (TPSA) is 106 Å². The Balaban J connectivity index is 1.99. The van der Waals surface area contributed by atoms with E-state index in [2.05, 4.69) is 20.8 Å². The zero-order valence-corrected chi connectivity index (χ0v) is 7.49. The number of carbonyl (C=O) groups excluding carboxylic acids is 1. The van der Waals surface area contributed by atoms with Gasteiger partial charge >= 0.3 is 0 Å². The van der Waals surface area contributed by atoms with Gasteiger partial charge in [-0.2, -0.15) is 4.98 Å². The molecule has 1 aliphatic rings. The summed E-state index contributed by atoms with van der Waals surface area (Å²) in [6.45, 7) is 1.40. The predicted molar refractivity (Wildman–Crippen MR) is 47.2 cm³/mol. The molecule has 76 valence electrons. The molecule has 1 atom stereocenters. The number of piperazine rings is 1. The van der Waals surface area contributed by atoms with Crippen LogP contribution in [0.2, 0.25) is 0 Å². The molecule has 1 aromatic rings. The molecule has 7 heteroatoms. The van der Waals surface area contributed by atoms with Crippen LogP contribution in [0.3, 0.4) is 0 Å². The summed E-state index contributed by atoms with van der Waals surface area (Å²) in [4.78, 5) is 15.1. The fourth-order valence-corrected chi connectivity index (χ4v) is 1.34. The van der Waals surface area contributed by atoms with E-state index in [-0.39, 0.29) is 17.9 Å². The van der Waals surface area contributed by atoms with E-state index in [0.717, 1.165) is 6.54 Å². The number of rotatable bonds is 2. The van der Waals surface area contributed by atoms with Gasteiger partial charge in [0.05, 0.1) is 12.5 Å². The average Bonchev–Trinajstić information content (AvgIpc) is 2.56. The van der Waals surface area contributed by atoms with Crippen LogP contribution in [0, 0.1) is 0 Å². The summed E-state index contributed by atoms with van der Waals surface area (Å²) in [6, 6.07) is -0.302. The number of nitrogens with two attached hydrogens (primary N) is 1. The summed E-state index contributed by atoms with van der Waals surface area (Å²) in [5.41, 5.74) is 5.28. The second-order valence-corrected chi connectivity index (χ2v) is 3.05. The summed E-state index contributed by atoms with van der Waals surface area (Å²) >= 11 is 0. The van der Waals surface area contributed by atoms with Crippen LogP contribution in [0.5, 0.6) is 0 Å².